The highest BCUT2D eigenvalue weighted by atomic mass is 16.1. The first-order chi connectivity index (χ1) is 9.58. The van der Waals surface area contributed by atoms with Crippen molar-refractivity contribution >= 4 is 16.8 Å². The molecule has 1 saturated heterocycles. The van der Waals surface area contributed by atoms with Crippen LogP contribution in [0.5, 0.6) is 0 Å². The maximum absolute atomic E-state index is 11.8. The molecule has 20 heavy (non-hydrogen) atoms. The van der Waals surface area contributed by atoms with Gasteiger partial charge in [-0.15, -0.1) is 0 Å². The van der Waals surface area contributed by atoms with Crippen LogP contribution >= 0.6 is 0 Å². The summed E-state index contributed by atoms with van der Waals surface area (Å²) in [6.45, 7) is 2.66. The fourth-order valence-electron chi connectivity index (χ4n) is 3.92. The van der Waals surface area contributed by atoms with Crippen molar-refractivity contribution in [3.05, 3.63) is 35.5 Å². The summed E-state index contributed by atoms with van der Waals surface area (Å²) < 4.78 is 0. The van der Waals surface area contributed by atoms with Gasteiger partial charge in [-0.3, -0.25) is 4.79 Å². The molecule has 4 N–H and O–H groups in total. The van der Waals surface area contributed by atoms with Crippen molar-refractivity contribution < 1.29 is 4.79 Å². The number of piperidine rings is 1. The summed E-state index contributed by atoms with van der Waals surface area (Å²) in [6, 6.07) is 6.82. The van der Waals surface area contributed by atoms with Crippen LogP contribution in [-0.4, -0.2) is 23.5 Å². The summed E-state index contributed by atoms with van der Waals surface area (Å²) in [5.74, 6) is 0.170. The molecule has 0 spiro atoms. The number of fused-ring (bicyclic) bond motifs is 2. The van der Waals surface area contributed by atoms with E-state index < -0.39 is 5.41 Å². The molecular weight excluding hydrogens is 250 g/mol. The van der Waals surface area contributed by atoms with Crippen molar-refractivity contribution in [2.24, 2.45) is 11.1 Å². The number of aromatic amines is 1. The second-order valence-corrected chi connectivity index (χ2v) is 6.51. The predicted molar refractivity (Wildman–Crippen MR) is 78.5 cm³/mol. The molecule has 2 aliphatic rings. The maximum atomic E-state index is 11.8. The van der Waals surface area contributed by atoms with Crippen LogP contribution in [0.15, 0.2) is 24.4 Å². The van der Waals surface area contributed by atoms with Gasteiger partial charge in [-0.05, 0) is 37.0 Å². The Kier molecular flexibility index (Phi) is 2.31. The summed E-state index contributed by atoms with van der Waals surface area (Å²) in [7, 11) is 0. The highest BCUT2D eigenvalue weighted by Gasteiger charge is 2.44. The van der Waals surface area contributed by atoms with Gasteiger partial charge in [0.2, 0.25) is 5.91 Å². The van der Waals surface area contributed by atoms with Crippen LogP contribution in [0.3, 0.4) is 0 Å². The van der Waals surface area contributed by atoms with E-state index in [9.17, 15) is 4.79 Å². The second-order valence-electron chi connectivity index (χ2n) is 6.51. The largest absolute Gasteiger partial charge is 0.369 e. The number of nitrogens with two attached hydrogens (primary N) is 1. The van der Waals surface area contributed by atoms with Gasteiger partial charge in [0.15, 0.2) is 0 Å². The number of hydrogen-bond donors (Lipinski definition) is 3. The van der Waals surface area contributed by atoms with Gasteiger partial charge in [-0.2, -0.15) is 0 Å². The average molecular weight is 269 g/mol. The number of carbonyl (C=O) groups excluding carboxylic acids is 1. The zero-order valence-corrected chi connectivity index (χ0v) is 11.6. The molecule has 2 aromatic rings. The summed E-state index contributed by atoms with van der Waals surface area (Å²) >= 11 is 0. The van der Waals surface area contributed by atoms with E-state index in [4.69, 9.17) is 5.73 Å². The molecule has 4 nitrogen and oxygen atoms in total. The van der Waals surface area contributed by atoms with Gasteiger partial charge in [-0.1, -0.05) is 12.1 Å². The molecule has 0 saturated carbocycles. The molecule has 1 fully saturated rings. The van der Waals surface area contributed by atoms with E-state index in [0.29, 0.717) is 18.5 Å². The number of benzene rings is 1. The Morgan fingerprint density at radius 3 is 3.10 bits per heavy atom. The summed E-state index contributed by atoms with van der Waals surface area (Å²) in [5, 5.41) is 4.90. The van der Waals surface area contributed by atoms with Crippen molar-refractivity contribution in [3.63, 3.8) is 0 Å². The van der Waals surface area contributed by atoms with Crippen molar-refractivity contribution in [3.8, 4) is 0 Å². The van der Waals surface area contributed by atoms with Gasteiger partial charge in [0.05, 0.1) is 5.41 Å². The van der Waals surface area contributed by atoms with E-state index in [1.54, 1.807) is 0 Å². The van der Waals surface area contributed by atoms with E-state index >= 15 is 0 Å². The van der Waals surface area contributed by atoms with Crippen LogP contribution in [0.4, 0.5) is 0 Å². The first-order valence-electron chi connectivity index (χ1n) is 7.21. The van der Waals surface area contributed by atoms with E-state index in [0.717, 1.165) is 12.8 Å². The lowest BCUT2D eigenvalue weighted by Crippen LogP contribution is -2.55. The number of rotatable bonds is 1. The van der Waals surface area contributed by atoms with Crippen molar-refractivity contribution in [2.45, 2.75) is 31.7 Å². The summed E-state index contributed by atoms with van der Waals surface area (Å²) in [6.07, 6.45) is 3.98. The number of hydrogen-bond acceptors (Lipinski definition) is 2. The van der Waals surface area contributed by atoms with Crippen LogP contribution < -0.4 is 11.1 Å². The molecule has 1 aromatic heterocycles. The molecule has 4 rings (SSSR count). The molecule has 104 valence electrons. The Morgan fingerprint density at radius 2 is 2.30 bits per heavy atom. The Hall–Kier alpha value is -1.81. The van der Waals surface area contributed by atoms with Crippen LogP contribution in [0.25, 0.3) is 10.9 Å². The van der Waals surface area contributed by atoms with Crippen molar-refractivity contribution in [1.29, 1.82) is 0 Å². The molecular formula is C16H19N3O. The van der Waals surface area contributed by atoms with Crippen LogP contribution in [0.1, 0.15) is 30.4 Å². The van der Waals surface area contributed by atoms with Gasteiger partial charge < -0.3 is 16.0 Å². The molecule has 1 amide bonds. The van der Waals surface area contributed by atoms with Gasteiger partial charge in [0, 0.05) is 35.6 Å². The SMILES string of the molecule is CC1(C(N)=O)CN[C@@H]2Cc3c[nH]c4cccc(c34)[C@H]2C1. The lowest BCUT2D eigenvalue weighted by atomic mass is 9.68. The zero-order chi connectivity index (χ0) is 13.9. The molecule has 1 aromatic carbocycles. The van der Waals surface area contributed by atoms with E-state index in [-0.39, 0.29) is 5.91 Å². The Balaban J connectivity index is 1.84. The molecule has 0 bridgehead atoms. The molecule has 4 heteroatoms. The van der Waals surface area contributed by atoms with E-state index in [2.05, 4.69) is 34.7 Å². The van der Waals surface area contributed by atoms with Gasteiger partial charge in [0.1, 0.15) is 0 Å². The minimum absolute atomic E-state index is 0.199. The highest BCUT2D eigenvalue weighted by Crippen LogP contribution is 2.44. The monoisotopic (exact) mass is 269 g/mol. The topological polar surface area (TPSA) is 70.9 Å². The van der Waals surface area contributed by atoms with Crippen LogP contribution in [-0.2, 0) is 11.2 Å². The number of nitrogens with one attached hydrogen (secondary N) is 2. The molecule has 2 heterocycles. The molecule has 3 atom stereocenters. The number of primary amides is 1. The fraction of sp³-hybridized carbons (Fsp3) is 0.438. The third kappa shape index (κ3) is 1.48. The second kappa shape index (κ2) is 3.85. The van der Waals surface area contributed by atoms with Crippen molar-refractivity contribution in [2.75, 3.05) is 6.54 Å². The first-order valence-corrected chi connectivity index (χ1v) is 7.21. The fourth-order valence-corrected chi connectivity index (χ4v) is 3.92. The van der Waals surface area contributed by atoms with Crippen LogP contribution in [0.2, 0.25) is 0 Å². The number of H-pyrrole nitrogens is 1. The lowest BCUT2D eigenvalue weighted by molar-refractivity contribution is -0.128. The minimum atomic E-state index is -0.447. The number of amides is 1. The van der Waals surface area contributed by atoms with Gasteiger partial charge in [0.25, 0.3) is 0 Å². The normalized spacial score (nSPS) is 32.0. The Labute approximate surface area is 117 Å². The Morgan fingerprint density at radius 1 is 1.45 bits per heavy atom. The molecule has 1 unspecified atom stereocenters. The van der Waals surface area contributed by atoms with E-state index in [1.807, 2.05) is 6.92 Å². The summed E-state index contributed by atoms with van der Waals surface area (Å²) in [4.78, 5) is 15.1. The van der Waals surface area contributed by atoms with Crippen LogP contribution in [0, 0.1) is 5.41 Å². The minimum Gasteiger partial charge on any atom is -0.369 e. The van der Waals surface area contributed by atoms with Gasteiger partial charge in [-0.25, -0.2) is 0 Å². The standard InChI is InChI=1S/C16H19N3O/c1-16(15(17)20)6-11-10-3-2-4-12-14(10)9(7-18-12)5-13(11)19-8-16/h2-4,7,11,13,18-19H,5-6,8H2,1H3,(H2,17,20)/t11-,13-,16?/m1/s1. The first kappa shape index (κ1) is 12.0. The highest BCUT2D eigenvalue weighted by molar-refractivity contribution is 5.89. The quantitative estimate of drug-likeness (QED) is 0.737. The maximum Gasteiger partial charge on any atom is 0.224 e. The number of aromatic nitrogens is 1. The van der Waals surface area contributed by atoms with Crippen molar-refractivity contribution in [1.82, 2.24) is 10.3 Å². The van der Waals surface area contributed by atoms with Gasteiger partial charge >= 0.3 is 0 Å². The molecule has 1 aliphatic carbocycles. The smallest absolute Gasteiger partial charge is 0.224 e. The summed E-state index contributed by atoms with van der Waals surface area (Å²) in [5.41, 5.74) is 9.10. The predicted octanol–water partition coefficient (Wildman–Crippen LogP) is 1.66. The molecule has 1 aliphatic heterocycles. The number of carbonyl (C=O) groups is 1. The zero-order valence-electron chi connectivity index (χ0n) is 11.6. The lowest BCUT2D eigenvalue weighted by Gasteiger charge is -2.44. The average Bonchev–Trinajstić information content (AvgIpc) is 2.84. The third-order valence-electron chi connectivity index (χ3n) is 5.16. The Bertz CT molecular complexity index is 705. The molecule has 0 radical (unpaired) electrons. The third-order valence-corrected chi connectivity index (χ3v) is 5.16. The van der Waals surface area contributed by atoms with E-state index in [1.165, 1.54) is 22.0 Å².